The molecule has 1 unspecified atom stereocenters. The lowest BCUT2D eigenvalue weighted by Gasteiger charge is -2.39. The van der Waals surface area contributed by atoms with Crippen LogP contribution in [-0.4, -0.2) is 23.2 Å². The van der Waals surface area contributed by atoms with E-state index >= 15 is 4.57 Å². The van der Waals surface area contributed by atoms with E-state index in [4.69, 9.17) is 9.26 Å². The van der Waals surface area contributed by atoms with E-state index in [9.17, 15) is 4.79 Å². The maximum atomic E-state index is 15.4. The van der Waals surface area contributed by atoms with E-state index in [1.165, 1.54) is 0 Å². The second-order valence-corrected chi connectivity index (χ2v) is 12.6. The molecule has 4 rings (SSSR count). The Morgan fingerprint density at radius 2 is 1.86 bits per heavy atom. The van der Waals surface area contributed by atoms with E-state index in [1.807, 2.05) is 67.1 Å². The van der Waals surface area contributed by atoms with Gasteiger partial charge in [-0.1, -0.05) is 57.0 Å². The third kappa shape index (κ3) is 4.86. The Morgan fingerprint density at radius 3 is 2.51 bits per heavy atom. The second kappa shape index (κ2) is 10.3. The van der Waals surface area contributed by atoms with Crippen LogP contribution in [0.4, 0.5) is 0 Å². The smallest absolute Gasteiger partial charge is 0.355 e. The van der Waals surface area contributed by atoms with Gasteiger partial charge >= 0.3 is 5.97 Å². The largest absolute Gasteiger partial charge is 0.461 e. The summed E-state index contributed by atoms with van der Waals surface area (Å²) in [4.78, 5) is 13.3. The molecule has 1 aliphatic carbocycles. The maximum Gasteiger partial charge on any atom is 0.355 e. The summed E-state index contributed by atoms with van der Waals surface area (Å²) < 4.78 is 29.5. The molecule has 3 aromatic rings. The SMILES string of the molecule is CCOC(=O)c1c(P(=O)(O[C@@H]2C[C@@H](C)CC[C@H]2C(C)C)c2ccccc2)c2cc(C)ccc2n1C. The van der Waals surface area contributed by atoms with E-state index in [2.05, 4.69) is 20.8 Å². The van der Waals surface area contributed by atoms with Crippen LogP contribution >= 0.6 is 7.37 Å². The summed E-state index contributed by atoms with van der Waals surface area (Å²) >= 11 is 0. The summed E-state index contributed by atoms with van der Waals surface area (Å²) in [7, 11) is -1.84. The summed E-state index contributed by atoms with van der Waals surface area (Å²) in [6.07, 6.45) is 2.91. The first-order valence-electron chi connectivity index (χ1n) is 12.8. The van der Waals surface area contributed by atoms with E-state index in [-0.39, 0.29) is 12.7 Å². The summed E-state index contributed by atoms with van der Waals surface area (Å²) in [5.74, 6) is 0.747. The average molecular weight is 496 g/mol. The molecule has 0 radical (unpaired) electrons. The van der Waals surface area contributed by atoms with Crippen molar-refractivity contribution < 1.29 is 18.6 Å². The number of carbonyl (C=O) groups excluding carboxylic acids is 1. The fourth-order valence-electron chi connectivity index (χ4n) is 5.56. The minimum absolute atomic E-state index is 0.153. The van der Waals surface area contributed by atoms with Gasteiger partial charge in [0.1, 0.15) is 5.69 Å². The molecule has 1 aromatic heterocycles. The second-order valence-electron chi connectivity index (χ2n) is 10.4. The van der Waals surface area contributed by atoms with Crippen molar-refractivity contribution in [2.45, 2.75) is 60.0 Å². The molecule has 6 heteroatoms. The van der Waals surface area contributed by atoms with Gasteiger partial charge in [-0.2, -0.15) is 0 Å². The molecule has 0 aliphatic heterocycles. The number of benzene rings is 2. The minimum atomic E-state index is -3.68. The zero-order valence-electron chi connectivity index (χ0n) is 21.8. The first-order valence-corrected chi connectivity index (χ1v) is 14.4. The summed E-state index contributed by atoms with van der Waals surface area (Å²) in [5.41, 5.74) is 2.18. The zero-order chi connectivity index (χ0) is 25.3. The van der Waals surface area contributed by atoms with Gasteiger partial charge in [0, 0.05) is 23.3 Å². The van der Waals surface area contributed by atoms with Crippen molar-refractivity contribution >= 4 is 34.9 Å². The summed E-state index contributed by atoms with van der Waals surface area (Å²) in [6, 6.07) is 15.4. The predicted octanol–water partition coefficient (Wildman–Crippen LogP) is 6.37. The van der Waals surface area contributed by atoms with Crippen molar-refractivity contribution in [1.29, 1.82) is 0 Å². The van der Waals surface area contributed by atoms with E-state index in [1.54, 1.807) is 6.92 Å². The molecule has 1 fully saturated rings. The van der Waals surface area contributed by atoms with Gasteiger partial charge in [0.2, 0.25) is 0 Å². The van der Waals surface area contributed by atoms with Gasteiger partial charge in [-0.25, -0.2) is 4.79 Å². The number of esters is 1. The Balaban J connectivity index is 2.00. The first-order chi connectivity index (χ1) is 16.7. The molecule has 2 aromatic carbocycles. The fraction of sp³-hybridized carbons (Fsp3) is 0.483. The van der Waals surface area contributed by atoms with Crippen LogP contribution in [0.2, 0.25) is 0 Å². The maximum absolute atomic E-state index is 15.4. The van der Waals surface area contributed by atoms with Crippen molar-refractivity contribution in [3.05, 3.63) is 59.8 Å². The number of aryl methyl sites for hydroxylation is 2. The Morgan fingerprint density at radius 1 is 1.14 bits per heavy atom. The summed E-state index contributed by atoms with van der Waals surface area (Å²) in [5, 5.41) is 1.86. The zero-order valence-corrected chi connectivity index (χ0v) is 22.7. The molecular weight excluding hydrogens is 457 g/mol. The number of hydrogen-bond acceptors (Lipinski definition) is 4. The van der Waals surface area contributed by atoms with Gasteiger partial charge in [0.05, 0.1) is 18.0 Å². The van der Waals surface area contributed by atoms with Crippen LogP contribution in [0.5, 0.6) is 0 Å². The standard InChI is InChI=1S/C29H38NO4P/c1-7-33-29(31)27-28(24-17-20(4)14-16-25(24)30(27)6)35(32,22-11-9-8-10-12-22)34-26-18-21(5)13-15-23(26)19(2)3/h8-12,14,16-17,19,21,23,26H,7,13,15,18H2,1-6H3/t21-,23-,26+,35?/m0/s1. The van der Waals surface area contributed by atoms with Crippen LogP contribution < -0.4 is 10.6 Å². The highest BCUT2D eigenvalue weighted by Crippen LogP contribution is 2.53. The number of aromatic nitrogens is 1. The lowest BCUT2D eigenvalue weighted by molar-refractivity contribution is 0.0495. The monoisotopic (exact) mass is 495 g/mol. The highest BCUT2D eigenvalue weighted by Gasteiger charge is 2.43. The van der Waals surface area contributed by atoms with Crippen molar-refractivity contribution in [1.82, 2.24) is 4.57 Å². The van der Waals surface area contributed by atoms with Gasteiger partial charge in [-0.05, 0) is 68.7 Å². The average Bonchev–Trinajstić information content (AvgIpc) is 3.11. The Labute approximate surface area is 209 Å². The normalized spacial score (nSPS) is 22.3. The number of ether oxygens (including phenoxy) is 1. The number of fused-ring (bicyclic) bond motifs is 1. The summed E-state index contributed by atoms with van der Waals surface area (Å²) in [6.45, 7) is 10.7. The molecule has 0 amide bonds. The van der Waals surface area contributed by atoms with E-state index in [0.29, 0.717) is 34.1 Å². The van der Waals surface area contributed by atoms with E-state index < -0.39 is 13.3 Å². The molecule has 1 aliphatic rings. The molecule has 1 heterocycles. The third-order valence-corrected chi connectivity index (χ3v) is 10.0. The molecule has 0 spiro atoms. The van der Waals surface area contributed by atoms with Crippen LogP contribution in [0.1, 0.15) is 63.0 Å². The van der Waals surface area contributed by atoms with Gasteiger partial charge in [-0.3, -0.25) is 4.57 Å². The molecule has 0 bridgehead atoms. The number of nitrogens with zero attached hydrogens (tertiary/aromatic N) is 1. The molecule has 0 saturated heterocycles. The number of rotatable bonds is 7. The first kappa shape index (κ1) is 25.7. The van der Waals surface area contributed by atoms with Gasteiger partial charge in [0.25, 0.3) is 7.37 Å². The lowest BCUT2D eigenvalue weighted by Crippen LogP contribution is -2.36. The quantitative estimate of drug-likeness (QED) is 0.282. The van der Waals surface area contributed by atoms with Gasteiger partial charge in [-0.15, -0.1) is 0 Å². The highest BCUT2D eigenvalue weighted by molar-refractivity contribution is 7.75. The topological polar surface area (TPSA) is 57.5 Å². The molecule has 4 atom stereocenters. The van der Waals surface area contributed by atoms with E-state index in [0.717, 1.165) is 35.7 Å². The van der Waals surface area contributed by atoms with Crippen LogP contribution in [0.25, 0.3) is 10.9 Å². The Kier molecular flexibility index (Phi) is 7.59. The van der Waals surface area contributed by atoms with Gasteiger partial charge in [0.15, 0.2) is 0 Å². The third-order valence-electron chi connectivity index (χ3n) is 7.43. The molecule has 188 valence electrons. The molecule has 35 heavy (non-hydrogen) atoms. The van der Waals surface area contributed by atoms with Crippen molar-refractivity contribution in [3.63, 3.8) is 0 Å². The Bertz CT molecular complexity index is 1250. The van der Waals surface area contributed by atoms with Crippen LogP contribution in [0, 0.1) is 24.7 Å². The fourth-order valence-corrected chi connectivity index (χ4v) is 8.25. The Hall–Kier alpha value is -2.36. The van der Waals surface area contributed by atoms with Crippen LogP contribution in [0.3, 0.4) is 0 Å². The lowest BCUT2D eigenvalue weighted by atomic mass is 9.75. The molecular formula is C29H38NO4P. The van der Waals surface area contributed by atoms with Crippen LogP contribution in [0.15, 0.2) is 48.5 Å². The molecule has 5 nitrogen and oxygen atoms in total. The van der Waals surface area contributed by atoms with Crippen molar-refractivity contribution in [3.8, 4) is 0 Å². The van der Waals surface area contributed by atoms with Crippen molar-refractivity contribution in [2.75, 3.05) is 6.61 Å². The van der Waals surface area contributed by atoms with Crippen LogP contribution in [-0.2, 0) is 20.9 Å². The number of carbonyl (C=O) groups is 1. The highest BCUT2D eigenvalue weighted by atomic mass is 31.2. The molecule has 1 saturated carbocycles. The van der Waals surface area contributed by atoms with Gasteiger partial charge < -0.3 is 13.8 Å². The van der Waals surface area contributed by atoms with Crippen molar-refractivity contribution in [2.24, 2.45) is 24.8 Å². The number of hydrogen-bond donors (Lipinski definition) is 0. The predicted molar refractivity (Wildman–Crippen MR) is 143 cm³/mol. The molecule has 0 N–H and O–H groups in total. The minimum Gasteiger partial charge on any atom is -0.461 e.